The lowest BCUT2D eigenvalue weighted by molar-refractivity contribution is 0.278. The smallest absolute Gasteiger partial charge is 0.243 e. The van der Waals surface area contributed by atoms with Crippen LogP contribution in [-0.2, 0) is 10.0 Å². The zero-order valence-corrected chi connectivity index (χ0v) is 20.1. The lowest BCUT2D eigenvalue weighted by atomic mass is 10.1. The summed E-state index contributed by atoms with van der Waals surface area (Å²) in [6.07, 6.45) is 2.62. The van der Waals surface area contributed by atoms with Gasteiger partial charge >= 0.3 is 0 Å². The molecule has 184 valence electrons. The van der Waals surface area contributed by atoms with Crippen LogP contribution in [-0.4, -0.2) is 50.5 Å². The first-order chi connectivity index (χ1) is 17.3. The van der Waals surface area contributed by atoms with Gasteiger partial charge < -0.3 is 4.57 Å². The van der Waals surface area contributed by atoms with Gasteiger partial charge in [-0.1, -0.05) is 0 Å². The van der Waals surface area contributed by atoms with E-state index >= 15 is 0 Å². The number of H-pyrrole nitrogens is 1. The average Bonchev–Trinajstić information content (AvgIpc) is 3.44. The molecule has 2 aromatic carbocycles. The number of benzene rings is 2. The number of hydrogen-bond donors (Lipinski definition) is 1. The Balaban J connectivity index is 1.32. The summed E-state index contributed by atoms with van der Waals surface area (Å²) in [7, 11) is -3.71. The Morgan fingerprint density at radius 2 is 1.83 bits per heavy atom. The molecule has 3 aromatic heterocycles. The maximum absolute atomic E-state index is 14.7. The maximum Gasteiger partial charge on any atom is 0.243 e. The Labute approximate surface area is 205 Å². The minimum Gasteiger partial charge on any atom is -0.305 e. The Morgan fingerprint density at radius 1 is 1.03 bits per heavy atom. The minimum absolute atomic E-state index is 0.158. The molecule has 6 rings (SSSR count). The molecule has 0 aliphatic carbocycles. The van der Waals surface area contributed by atoms with Crippen molar-refractivity contribution >= 4 is 32.1 Å². The van der Waals surface area contributed by atoms with Gasteiger partial charge in [0.15, 0.2) is 5.65 Å². The van der Waals surface area contributed by atoms with E-state index in [1.54, 1.807) is 36.5 Å². The first-order valence-corrected chi connectivity index (χ1v) is 13.0. The van der Waals surface area contributed by atoms with E-state index in [9.17, 15) is 17.2 Å². The number of rotatable bonds is 4. The van der Waals surface area contributed by atoms with Crippen LogP contribution in [0.4, 0.5) is 8.78 Å². The van der Waals surface area contributed by atoms with Crippen molar-refractivity contribution in [3.8, 4) is 11.4 Å². The average molecular weight is 509 g/mol. The monoisotopic (exact) mass is 508 g/mol. The zero-order valence-electron chi connectivity index (χ0n) is 19.3. The quantitative estimate of drug-likeness (QED) is 0.383. The summed E-state index contributed by atoms with van der Waals surface area (Å²) in [6.45, 7) is 2.42. The third-order valence-corrected chi connectivity index (χ3v) is 8.66. The molecule has 0 saturated carbocycles. The zero-order chi connectivity index (χ0) is 25.0. The molecule has 5 aromatic rings. The minimum atomic E-state index is -3.71. The Hall–Kier alpha value is -3.70. The standard InChI is InChI=1S/C25H22F2N6O2S/c1-15-20-14-18(5-7-22(20)31-30-15)36(34,35)32-11-8-17(9-12-32)33-24(19-6-4-16(26)13-21(19)27)29-23-3-2-10-28-25(23)33/h2-7,10,13-14,17H,8-9,11-12H2,1H3,(H,30,31). The Bertz CT molecular complexity index is 1720. The molecule has 1 saturated heterocycles. The lowest BCUT2D eigenvalue weighted by Gasteiger charge is -2.32. The fraction of sp³-hybridized carbons (Fsp3) is 0.240. The molecule has 0 unspecified atom stereocenters. The summed E-state index contributed by atoms with van der Waals surface area (Å²) in [5.41, 5.74) is 2.87. The molecule has 1 N–H and O–H groups in total. The molecule has 8 nitrogen and oxygen atoms in total. The van der Waals surface area contributed by atoms with Crippen molar-refractivity contribution in [2.24, 2.45) is 0 Å². The number of hydrogen-bond acceptors (Lipinski definition) is 5. The van der Waals surface area contributed by atoms with E-state index in [0.717, 1.165) is 17.1 Å². The number of pyridine rings is 1. The van der Waals surface area contributed by atoms with Crippen LogP contribution in [0.1, 0.15) is 24.6 Å². The van der Waals surface area contributed by atoms with Gasteiger partial charge in [-0.2, -0.15) is 9.40 Å². The largest absolute Gasteiger partial charge is 0.305 e. The molecule has 1 aliphatic rings. The van der Waals surface area contributed by atoms with E-state index in [1.807, 2.05) is 11.5 Å². The third kappa shape index (κ3) is 3.66. The summed E-state index contributed by atoms with van der Waals surface area (Å²) in [6, 6.07) is 11.7. The molecule has 0 radical (unpaired) electrons. The maximum atomic E-state index is 14.7. The summed E-state index contributed by atoms with van der Waals surface area (Å²) in [4.78, 5) is 9.28. The number of aromatic amines is 1. The highest BCUT2D eigenvalue weighted by atomic mass is 32.2. The van der Waals surface area contributed by atoms with E-state index < -0.39 is 21.7 Å². The van der Waals surface area contributed by atoms with E-state index in [0.29, 0.717) is 35.3 Å². The van der Waals surface area contributed by atoms with E-state index in [4.69, 9.17) is 0 Å². The predicted octanol–water partition coefficient (Wildman–Crippen LogP) is 4.59. The second-order valence-corrected chi connectivity index (χ2v) is 10.9. The summed E-state index contributed by atoms with van der Waals surface area (Å²) >= 11 is 0. The highest BCUT2D eigenvalue weighted by molar-refractivity contribution is 7.89. The van der Waals surface area contributed by atoms with Crippen molar-refractivity contribution in [2.45, 2.75) is 30.7 Å². The van der Waals surface area contributed by atoms with E-state index in [2.05, 4.69) is 20.2 Å². The van der Waals surface area contributed by atoms with E-state index in [1.165, 1.54) is 16.4 Å². The number of fused-ring (bicyclic) bond motifs is 2. The molecule has 0 spiro atoms. The highest BCUT2D eigenvalue weighted by Crippen LogP contribution is 2.35. The molecule has 4 heterocycles. The fourth-order valence-corrected chi connectivity index (χ4v) is 6.40. The summed E-state index contributed by atoms with van der Waals surface area (Å²) in [5.74, 6) is -1.03. The lowest BCUT2D eigenvalue weighted by Crippen LogP contribution is -2.39. The first kappa shape index (κ1) is 22.7. The molecular weight excluding hydrogens is 486 g/mol. The van der Waals surface area contributed by atoms with Crippen LogP contribution in [0.15, 0.2) is 59.6 Å². The summed E-state index contributed by atoms with van der Waals surface area (Å²) < 4.78 is 58.4. The van der Waals surface area contributed by atoms with Gasteiger partial charge in [0.25, 0.3) is 0 Å². The van der Waals surface area contributed by atoms with Gasteiger partial charge in [0, 0.05) is 42.5 Å². The van der Waals surface area contributed by atoms with Crippen LogP contribution >= 0.6 is 0 Å². The Morgan fingerprint density at radius 3 is 2.61 bits per heavy atom. The molecule has 1 aliphatic heterocycles. The molecule has 36 heavy (non-hydrogen) atoms. The topological polar surface area (TPSA) is 96.8 Å². The third-order valence-electron chi connectivity index (χ3n) is 6.76. The number of aromatic nitrogens is 5. The van der Waals surface area contributed by atoms with Gasteiger partial charge in [0.1, 0.15) is 23.0 Å². The SMILES string of the molecule is Cc1[nH]nc2ccc(S(=O)(=O)N3CCC(n4c(-c5ccc(F)cc5F)nc5cccnc54)CC3)cc12. The summed E-state index contributed by atoms with van der Waals surface area (Å²) in [5, 5.41) is 7.81. The second kappa shape index (κ2) is 8.45. The number of sulfonamides is 1. The van der Waals surface area contributed by atoms with Gasteiger partial charge in [0.2, 0.25) is 10.0 Å². The molecular formula is C25H22F2N6O2S. The molecule has 11 heteroatoms. The van der Waals surface area contributed by atoms with Gasteiger partial charge in [-0.25, -0.2) is 27.2 Å². The number of nitrogens with one attached hydrogen (secondary N) is 1. The molecule has 0 atom stereocenters. The Kier molecular flexibility index (Phi) is 5.34. The van der Waals surface area contributed by atoms with Crippen LogP contribution in [0.2, 0.25) is 0 Å². The number of halogens is 2. The van der Waals surface area contributed by atoms with Crippen molar-refractivity contribution in [2.75, 3.05) is 13.1 Å². The normalized spacial score (nSPS) is 15.8. The molecule has 0 bridgehead atoms. The van der Waals surface area contributed by atoms with Gasteiger partial charge in [-0.15, -0.1) is 0 Å². The van der Waals surface area contributed by atoms with Crippen molar-refractivity contribution < 1.29 is 17.2 Å². The number of aryl methyl sites for hydroxylation is 1. The first-order valence-electron chi connectivity index (χ1n) is 11.6. The number of imidazole rings is 1. The molecule has 0 amide bonds. The van der Waals surface area contributed by atoms with Crippen molar-refractivity contribution in [1.82, 2.24) is 29.0 Å². The van der Waals surface area contributed by atoms with Crippen LogP contribution in [0.5, 0.6) is 0 Å². The van der Waals surface area contributed by atoms with Crippen LogP contribution in [0.3, 0.4) is 0 Å². The van der Waals surface area contributed by atoms with Crippen LogP contribution < -0.4 is 0 Å². The molecule has 1 fully saturated rings. The number of piperidine rings is 1. The van der Waals surface area contributed by atoms with Crippen molar-refractivity contribution in [3.63, 3.8) is 0 Å². The fourth-order valence-electron chi connectivity index (χ4n) is 4.90. The number of nitrogens with zero attached hydrogens (tertiary/aromatic N) is 5. The highest BCUT2D eigenvalue weighted by Gasteiger charge is 2.32. The van der Waals surface area contributed by atoms with Gasteiger partial charge in [0.05, 0.1) is 16.0 Å². The predicted molar refractivity (Wildman–Crippen MR) is 131 cm³/mol. The van der Waals surface area contributed by atoms with Crippen molar-refractivity contribution in [1.29, 1.82) is 0 Å². The van der Waals surface area contributed by atoms with Gasteiger partial charge in [-0.3, -0.25) is 5.10 Å². The van der Waals surface area contributed by atoms with Crippen LogP contribution in [0.25, 0.3) is 33.5 Å². The van der Waals surface area contributed by atoms with Crippen LogP contribution in [0, 0.1) is 18.6 Å². The van der Waals surface area contributed by atoms with Crippen molar-refractivity contribution in [3.05, 3.63) is 72.1 Å². The van der Waals surface area contributed by atoms with Gasteiger partial charge in [-0.05, 0) is 62.2 Å². The van der Waals surface area contributed by atoms with E-state index in [-0.39, 0.29) is 29.6 Å². The second-order valence-electron chi connectivity index (χ2n) is 8.94.